The topological polar surface area (TPSA) is 49.4 Å². The van der Waals surface area contributed by atoms with Crippen LogP contribution in [0.1, 0.15) is 12.0 Å². The van der Waals surface area contributed by atoms with E-state index in [-0.39, 0.29) is 29.8 Å². The van der Waals surface area contributed by atoms with Gasteiger partial charge in [-0.3, -0.25) is 14.5 Å². The molecule has 0 aliphatic carbocycles. The van der Waals surface area contributed by atoms with Gasteiger partial charge < -0.3 is 5.32 Å². The van der Waals surface area contributed by atoms with Gasteiger partial charge in [0.25, 0.3) is 5.91 Å². The molecule has 1 heterocycles. The summed E-state index contributed by atoms with van der Waals surface area (Å²) in [5.41, 5.74) is 1.09. The van der Waals surface area contributed by atoms with E-state index in [1.807, 2.05) is 6.07 Å². The maximum Gasteiger partial charge on any atom is 0.266 e. The van der Waals surface area contributed by atoms with Crippen LogP contribution in [0.3, 0.4) is 0 Å². The van der Waals surface area contributed by atoms with E-state index in [0.717, 1.165) is 17.3 Å². The summed E-state index contributed by atoms with van der Waals surface area (Å²) in [6.45, 7) is 0.130. The molecule has 2 amide bonds. The van der Waals surface area contributed by atoms with E-state index in [1.165, 1.54) is 23.1 Å². The van der Waals surface area contributed by atoms with Crippen molar-refractivity contribution in [3.8, 4) is 0 Å². The van der Waals surface area contributed by atoms with Crippen LogP contribution in [0, 0.1) is 5.82 Å². The molecular formula is C19H13Cl2FN2O2S2. The Bertz CT molecular complexity index is 998. The third-order valence-corrected chi connectivity index (χ3v) is 5.84. The molecule has 144 valence electrons. The third kappa shape index (κ3) is 4.91. The van der Waals surface area contributed by atoms with Crippen LogP contribution in [0.5, 0.6) is 0 Å². The van der Waals surface area contributed by atoms with Crippen molar-refractivity contribution in [1.29, 1.82) is 0 Å². The SMILES string of the molecule is O=C(CCN1C(=O)/C(=C\c2ccccc2Cl)SC1=S)Nc1ccc(F)c(Cl)c1. The monoisotopic (exact) mass is 454 g/mol. The molecule has 0 bridgehead atoms. The van der Waals surface area contributed by atoms with E-state index >= 15 is 0 Å². The summed E-state index contributed by atoms with van der Waals surface area (Å²) in [5, 5.41) is 3.06. The summed E-state index contributed by atoms with van der Waals surface area (Å²) in [4.78, 5) is 26.6. The molecule has 0 spiro atoms. The molecule has 1 aliphatic heterocycles. The molecule has 1 aliphatic rings. The van der Waals surface area contributed by atoms with Gasteiger partial charge in [0.1, 0.15) is 10.1 Å². The van der Waals surface area contributed by atoms with Crippen molar-refractivity contribution in [2.45, 2.75) is 6.42 Å². The standard InChI is InChI=1S/C19H13Cl2FN2O2S2/c20-13-4-2-1-3-11(13)9-16-18(26)24(19(27)28-16)8-7-17(25)23-12-5-6-15(22)14(21)10-12/h1-6,9-10H,7-8H2,(H,23,25)/b16-9+. The first-order chi connectivity index (χ1) is 13.3. The summed E-state index contributed by atoms with van der Waals surface area (Å²) in [5.74, 6) is -1.18. The summed E-state index contributed by atoms with van der Waals surface area (Å²) < 4.78 is 13.5. The maximum atomic E-state index is 13.2. The number of benzene rings is 2. The normalized spacial score (nSPS) is 15.4. The highest BCUT2D eigenvalue weighted by molar-refractivity contribution is 8.26. The van der Waals surface area contributed by atoms with E-state index in [1.54, 1.807) is 24.3 Å². The van der Waals surface area contributed by atoms with Crippen molar-refractivity contribution in [3.05, 3.63) is 68.8 Å². The van der Waals surface area contributed by atoms with Gasteiger partial charge in [0.2, 0.25) is 5.91 Å². The predicted octanol–water partition coefficient (Wildman–Crippen LogP) is 5.36. The van der Waals surface area contributed by atoms with Gasteiger partial charge in [-0.1, -0.05) is 65.4 Å². The number of nitrogens with zero attached hydrogens (tertiary/aromatic N) is 1. The van der Waals surface area contributed by atoms with Crippen molar-refractivity contribution in [3.63, 3.8) is 0 Å². The molecule has 0 radical (unpaired) electrons. The lowest BCUT2D eigenvalue weighted by Gasteiger charge is -2.14. The highest BCUT2D eigenvalue weighted by Crippen LogP contribution is 2.33. The van der Waals surface area contributed by atoms with Crippen molar-refractivity contribution >= 4 is 75.1 Å². The molecule has 0 atom stereocenters. The molecule has 0 unspecified atom stereocenters. The summed E-state index contributed by atoms with van der Waals surface area (Å²) >= 11 is 18.2. The molecule has 0 saturated carbocycles. The van der Waals surface area contributed by atoms with Gasteiger partial charge in [-0.15, -0.1) is 0 Å². The van der Waals surface area contributed by atoms with Crippen LogP contribution in [0.25, 0.3) is 6.08 Å². The Morgan fingerprint density at radius 1 is 1.21 bits per heavy atom. The van der Waals surface area contributed by atoms with Crippen LogP contribution in [0.2, 0.25) is 10.0 Å². The minimum atomic E-state index is -0.567. The Balaban J connectivity index is 1.62. The molecule has 3 rings (SSSR count). The van der Waals surface area contributed by atoms with Gasteiger partial charge in [0.15, 0.2) is 0 Å². The zero-order valence-electron chi connectivity index (χ0n) is 14.2. The maximum absolute atomic E-state index is 13.2. The lowest BCUT2D eigenvalue weighted by Crippen LogP contribution is -2.31. The summed E-state index contributed by atoms with van der Waals surface area (Å²) in [7, 11) is 0. The first-order valence-corrected chi connectivity index (χ1v) is 10.1. The number of nitrogens with one attached hydrogen (secondary N) is 1. The third-order valence-electron chi connectivity index (χ3n) is 3.83. The molecule has 28 heavy (non-hydrogen) atoms. The number of hydrogen-bond donors (Lipinski definition) is 1. The Kier molecular flexibility index (Phi) is 6.72. The Morgan fingerprint density at radius 2 is 1.96 bits per heavy atom. The number of amides is 2. The van der Waals surface area contributed by atoms with E-state index in [2.05, 4.69) is 5.32 Å². The van der Waals surface area contributed by atoms with Crippen molar-refractivity contribution < 1.29 is 14.0 Å². The molecule has 2 aromatic carbocycles. The van der Waals surface area contributed by atoms with E-state index in [4.69, 9.17) is 35.4 Å². The van der Waals surface area contributed by atoms with Crippen molar-refractivity contribution in [1.82, 2.24) is 4.90 Å². The fourth-order valence-electron chi connectivity index (χ4n) is 2.44. The number of carbonyl (C=O) groups is 2. The number of halogens is 3. The number of thiocarbonyl (C=S) groups is 1. The molecule has 1 N–H and O–H groups in total. The van der Waals surface area contributed by atoms with E-state index < -0.39 is 5.82 Å². The zero-order valence-corrected chi connectivity index (χ0v) is 17.4. The average molecular weight is 455 g/mol. The van der Waals surface area contributed by atoms with Crippen LogP contribution in [0.4, 0.5) is 10.1 Å². The number of carbonyl (C=O) groups excluding carboxylic acids is 2. The van der Waals surface area contributed by atoms with Crippen LogP contribution in [-0.4, -0.2) is 27.6 Å². The second-order valence-corrected chi connectivity index (χ2v) is 8.27. The summed E-state index contributed by atoms with van der Waals surface area (Å²) in [6.07, 6.45) is 1.71. The van der Waals surface area contributed by atoms with Gasteiger partial charge in [0, 0.05) is 23.7 Å². The largest absolute Gasteiger partial charge is 0.326 e. The zero-order chi connectivity index (χ0) is 20.3. The minimum Gasteiger partial charge on any atom is -0.326 e. The minimum absolute atomic E-state index is 0.0286. The van der Waals surface area contributed by atoms with Gasteiger partial charge >= 0.3 is 0 Å². The smallest absolute Gasteiger partial charge is 0.266 e. The average Bonchev–Trinajstić information content (AvgIpc) is 2.91. The van der Waals surface area contributed by atoms with E-state index in [9.17, 15) is 14.0 Å². The Labute approximate surface area is 180 Å². The summed E-state index contributed by atoms with van der Waals surface area (Å²) in [6, 6.07) is 11.1. The van der Waals surface area contributed by atoms with Gasteiger partial charge in [-0.2, -0.15) is 0 Å². The lowest BCUT2D eigenvalue weighted by atomic mass is 10.2. The fourth-order valence-corrected chi connectivity index (χ4v) is 4.11. The quantitative estimate of drug-likeness (QED) is 0.487. The second kappa shape index (κ2) is 9.05. The second-order valence-electron chi connectivity index (χ2n) is 5.78. The van der Waals surface area contributed by atoms with E-state index in [0.29, 0.717) is 19.9 Å². The highest BCUT2D eigenvalue weighted by Gasteiger charge is 2.32. The lowest BCUT2D eigenvalue weighted by molar-refractivity contribution is -0.122. The predicted molar refractivity (Wildman–Crippen MR) is 116 cm³/mol. The number of rotatable bonds is 5. The molecular weight excluding hydrogens is 442 g/mol. The molecule has 9 heteroatoms. The molecule has 1 saturated heterocycles. The van der Waals surface area contributed by atoms with Gasteiger partial charge in [-0.05, 0) is 35.9 Å². The van der Waals surface area contributed by atoms with Gasteiger partial charge in [0.05, 0.1) is 9.93 Å². The first kappa shape index (κ1) is 20.8. The molecule has 1 fully saturated rings. The number of hydrogen-bond acceptors (Lipinski definition) is 4. The number of thioether (sulfide) groups is 1. The highest BCUT2D eigenvalue weighted by atomic mass is 35.5. The van der Waals surface area contributed by atoms with Crippen molar-refractivity contribution in [2.75, 3.05) is 11.9 Å². The molecule has 2 aromatic rings. The van der Waals surface area contributed by atoms with Crippen LogP contribution in [0.15, 0.2) is 47.4 Å². The Hall–Kier alpha value is -1.93. The first-order valence-electron chi connectivity index (χ1n) is 8.10. The van der Waals surface area contributed by atoms with Crippen LogP contribution in [-0.2, 0) is 9.59 Å². The molecule has 4 nitrogen and oxygen atoms in total. The number of anilines is 1. The Morgan fingerprint density at radius 3 is 2.68 bits per heavy atom. The molecule has 0 aromatic heterocycles. The van der Waals surface area contributed by atoms with Crippen molar-refractivity contribution in [2.24, 2.45) is 0 Å². The fraction of sp³-hybridized carbons (Fsp3) is 0.105. The van der Waals surface area contributed by atoms with Gasteiger partial charge in [-0.25, -0.2) is 4.39 Å². The van der Waals surface area contributed by atoms with Crippen LogP contribution < -0.4 is 5.32 Å². The van der Waals surface area contributed by atoms with Crippen LogP contribution >= 0.6 is 47.2 Å².